The van der Waals surface area contributed by atoms with E-state index in [4.69, 9.17) is 11.6 Å². The van der Waals surface area contributed by atoms with Crippen LogP contribution in [0.4, 0.5) is 0 Å². The number of esters is 1. The molecule has 0 aliphatic carbocycles. The van der Waals surface area contributed by atoms with Crippen LogP contribution in [0, 0.1) is 0 Å². The van der Waals surface area contributed by atoms with E-state index in [0.29, 0.717) is 19.6 Å². The van der Waals surface area contributed by atoms with Gasteiger partial charge in [-0.3, -0.25) is 0 Å². The number of carbonyl (C=O) groups excluding carboxylic acids is 1. The van der Waals surface area contributed by atoms with Gasteiger partial charge < -0.3 is 10.1 Å². The van der Waals surface area contributed by atoms with Crippen molar-refractivity contribution in [2.24, 2.45) is 0 Å². The Balaban J connectivity index is 0.00000242. The number of nitrogens with zero attached hydrogens (tertiary/aromatic N) is 1. The number of hydrogen-bond acceptors (Lipinski definition) is 5. The van der Waals surface area contributed by atoms with E-state index in [9.17, 15) is 13.2 Å². The van der Waals surface area contributed by atoms with Crippen molar-refractivity contribution >= 4 is 40.0 Å². The first kappa shape index (κ1) is 19.2. The van der Waals surface area contributed by atoms with Crippen LogP contribution in [0.2, 0.25) is 5.02 Å². The Bertz CT molecular complexity index is 629. The number of benzene rings is 1. The van der Waals surface area contributed by atoms with Gasteiger partial charge in [-0.1, -0.05) is 11.6 Å². The first-order valence-corrected chi connectivity index (χ1v) is 8.37. The van der Waals surface area contributed by atoms with Crippen molar-refractivity contribution in [3.05, 3.63) is 28.8 Å². The molecule has 2 rings (SSSR count). The van der Waals surface area contributed by atoms with Crippen LogP contribution in [0.1, 0.15) is 16.8 Å². The van der Waals surface area contributed by atoms with Crippen molar-refractivity contribution in [3.63, 3.8) is 0 Å². The lowest BCUT2D eigenvalue weighted by atomic mass is 10.2. The zero-order chi connectivity index (χ0) is 15.5. The quantitative estimate of drug-likeness (QED) is 0.818. The van der Waals surface area contributed by atoms with Crippen LogP contribution in [0.3, 0.4) is 0 Å². The van der Waals surface area contributed by atoms with E-state index in [1.807, 2.05) is 0 Å². The van der Waals surface area contributed by atoms with Gasteiger partial charge >= 0.3 is 5.97 Å². The lowest BCUT2D eigenvalue weighted by Gasteiger charge is -2.21. The third-order valence-electron chi connectivity index (χ3n) is 3.26. The normalized spacial score (nSPS) is 16.5. The Kier molecular flexibility index (Phi) is 7.08. The fraction of sp³-hybridized carbons (Fsp3) is 0.462. The predicted molar refractivity (Wildman–Crippen MR) is 86.3 cm³/mol. The lowest BCUT2D eigenvalue weighted by Crippen LogP contribution is -2.35. The second-order valence-corrected chi connectivity index (χ2v) is 6.98. The molecule has 1 aromatic carbocycles. The van der Waals surface area contributed by atoms with Gasteiger partial charge in [-0.25, -0.2) is 13.2 Å². The van der Waals surface area contributed by atoms with Crippen molar-refractivity contribution in [3.8, 4) is 0 Å². The van der Waals surface area contributed by atoms with Gasteiger partial charge in [0.25, 0.3) is 0 Å². The number of methoxy groups -OCH3 is 1. The standard InChI is InChI=1S/C13H17ClN2O4S.ClH/c1-20-13(17)11-9-10(14)3-4-12(11)21(18,19)16-7-2-5-15-6-8-16;/h3-4,9,15H,2,5-8H2,1H3;1H. The van der Waals surface area contributed by atoms with Crippen LogP contribution in [-0.2, 0) is 14.8 Å². The molecule has 22 heavy (non-hydrogen) atoms. The molecule has 0 spiro atoms. The maximum Gasteiger partial charge on any atom is 0.339 e. The molecular weight excluding hydrogens is 351 g/mol. The van der Waals surface area contributed by atoms with Crippen molar-refractivity contribution in [1.29, 1.82) is 0 Å². The number of carbonyl (C=O) groups is 1. The van der Waals surface area contributed by atoms with Crippen LogP contribution in [-0.4, -0.2) is 52.0 Å². The van der Waals surface area contributed by atoms with Gasteiger partial charge in [0.05, 0.1) is 17.6 Å². The van der Waals surface area contributed by atoms with Gasteiger partial charge in [-0.15, -0.1) is 12.4 Å². The molecule has 0 unspecified atom stereocenters. The highest BCUT2D eigenvalue weighted by Crippen LogP contribution is 2.24. The average Bonchev–Trinajstić information content (AvgIpc) is 2.75. The molecule has 0 aromatic heterocycles. The van der Waals surface area contributed by atoms with Gasteiger partial charge in [-0.2, -0.15) is 4.31 Å². The Morgan fingerprint density at radius 3 is 2.73 bits per heavy atom. The zero-order valence-electron chi connectivity index (χ0n) is 12.0. The monoisotopic (exact) mass is 368 g/mol. The molecule has 1 fully saturated rings. The Morgan fingerprint density at radius 1 is 1.32 bits per heavy atom. The van der Waals surface area contributed by atoms with E-state index in [0.717, 1.165) is 13.0 Å². The van der Waals surface area contributed by atoms with E-state index < -0.39 is 16.0 Å². The summed E-state index contributed by atoms with van der Waals surface area (Å²) in [6.07, 6.45) is 0.723. The molecule has 0 radical (unpaired) electrons. The molecule has 6 nitrogen and oxygen atoms in total. The fourth-order valence-electron chi connectivity index (χ4n) is 2.20. The van der Waals surface area contributed by atoms with Crippen molar-refractivity contribution in [1.82, 2.24) is 9.62 Å². The molecule has 124 valence electrons. The highest BCUT2D eigenvalue weighted by molar-refractivity contribution is 7.89. The lowest BCUT2D eigenvalue weighted by molar-refractivity contribution is 0.0596. The predicted octanol–water partition coefficient (Wildman–Crippen LogP) is 1.53. The summed E-state index contributed by atoms with van der Waals surface area (Å²) in [5.41, 5.74) is -0.0396. The number of ether oxygens (including phenoxy) is 1. The van der Waals surface area contributed by atoms with Crippen LogP contribution in [0.15, 0.2) is 23.1 Å². The smallest absolute Gasteiger partial charge is 0.339 e. The summed E-state index contributed by atoms with van der Waals surface area (Å²) < 4.78 is 31.5. The van der Waals surface area contributed by atoms with E-state index in [-0.39, 0.29) is 27.9 Å². The minimum Gasteiger partial charge on any atom is -0.465 e. The van der Waals surface area contributed by atoms with Crippen LogP contribution in [0.25, 0.3) is 0 Å². The first-order valence-electron chi connectivity index (χ1n) is 6.55. The molecule has 0 saturated carbocycles. The van der Waals surface area contributed by atoms with Crippen LogP contribution < -0.4 is 5.32 Å². The maximum atomic E-state index is 12.7. The molecule has 1 saturated heterocycles. The molecule has 9 heteroatoms. The minimum atomic E-state index is -3.75. The Hall–Kier alpha value is -0.860. The number of halogens is 2. The molecule has 1 N–H and O–H groups in total. The van der Waals surface area contributed by atoms with E-state index in [1.165, 1.54) is 29.6 Å². The van der Waals surface area contributed by atoms with Crippen molar-refractivity contribution < 1.29 is 17.9 Å². The maximum absolute atomic E-state index is 12.7. The Labute approximate surface area is 141 Å². The zero-order valence-corrected chi connectivity index (χ0v) is 14.4. The molecule has 0 bridgehead atoms. The van der Waals surface area contributed by atoms with Crippen molar-refractivity contribution in [2.75, 3.05) is 33.3 Å². The molecule has 0 atom stereocenters. The van der Waals surface area contributed by atoms with E-state index in [2.05, 4.69) is 10.1 Å². The molecule has 1 aromatic rings. The number of sulfonamides is 1. The Morgan fingerprint density at radius 2 is 2.05 bits per heavy atom. The van der Waals surface area contributed by atoms with Gasteiger partial charge in [0.15, 0.2) is 0 Å². The molecule has 1 heterocycles. The van der Waals surface area contributed by atoms with Gasteiger partial charge in [0.2, 0.25) is 10.0 Å². The second-order valence-electron chi connectivity index (χ2n) is 4.64. The van der Waals surface area contributed by atoms with Crippen molar-refractivity contribution in [2.45, 2.75) is 11.3 Å². The van der Waals surface area contributed by atoms with Crippen LogP contribution in [0.5, 0.6) is 0 Å². The summed E-state index contributed by atoms with van der Waals surface area (Å²) >= 11 is 5.85. The molecular formula is C13H18Cl2N2O4S. The topological polar surface area (TPSA) is 75.7 Å². The minimum absolute atomic E-state index is 0. The summed E-state index contributed by atoms with van der Waals surface area (Å²) in [4.78, 5) is 11.7. The average molecular weight is 369 g/mol. The third kappa shape index (κ3) is 4.11. The summed E-state index contributed by atoms with van der Waals surface area (Å²) in [5, 5.41) is 3.42. The third-order valence-corrected chi connectivity index (χ3v) is 5.46. The van der Waals surface area contributed by atoms with E-state index in [1.54, 1.807) is 0 Å². The number of hydrogen-bond donors (Lipinski definition) is 1. The summed E-state index contributed by atoms with van der Waals surface area (Å²) in [7, 11) is -2.55. The highest BCUT2D eigenvalue weighted by Gasteiger charge is 2.29. The number of nitrogens with one attached hydrogen (secondary N) is 1. The van der Waals surface area contributed by atoms with Gasteiger partial charge in [0, 0.05) is 24.7 Å². The molecule has 0 amide bonds. The first-order chi connectivity index (χ1) is 9.96. The fourth-order valence-corrected chi connectivity index (χ4v) is 4.01. The van der Waals surface area contributed by atoms with E-state index >= 15 is 0 Å². The largest absolute Gasteiger partial charge is 0.465 e. The SMILES string of the molecule is COC(=O)c1cc(Cl)ccc1S(=O)(=O)N1CCCNCC1.Cl. The van der Waals surface area contributed by atoms with Crippen LogP contribution >= 0.6 is 24.0 Å². The molecule has 1 aliphatic rings. The second kappa shape index (κ2) is 8.12. The summed E-state index contributed by atoms with van der Waals surface area (Å²) in [5.74, 6) is -0.718. The highest BCUT2D eigenvalue weighted by atomic mass is 35.5. The van der Waals surface area contributed by atoms with Gasteiger partial charge in [0.1, 0.15) is 0 Å². The molecule has 1 aliphatic heterocycles. The summed E-state index contributed by atoms with van der Waals surface area (Å²) in [6.45, 7) is 2.14. The van der Waals surface area contributed by atoms with Gasteiger partial charge in [-0.05, 0) is 31.2 Å². The summed E-state index contributed by atoms with van der Waals surface area (Å²) in [6, 6.07) is 4.12. The number of rotatable bonds is 3.